The molecule has 0 unspecified atom stereocenters. The summed E-state index contributed by atoms with van der Waals surface area (Å²) in [7, 11) is 0. The molecule has 0 atom stereocenters. The summed E-state index contributed by atoms with van der Waals surface area (Å²) in [6.45, 7) is 0. The zero-order chi connectivity index (χ0) is 19.6. The van der Waals surface area contributed by atoms with Gasteiger partial charge in [0.15, 0.2) is 0 Å². The van der Waals surface area contributed by atoms with Gasteiger partial charge in [-0.3, -0.25) is 0 Å². The molecule has 20 heavy (non-hydrogen) atoms. The lowest BCUT2D eigenvalue weighted by molar-refractivity contribution is 1.18. The second-order valence-corrected chi connectivity index (χ2v) is 5.10. The normalized spacial score (nSPS) is 16.1. The van der Waals surface area contributed by atoms with E-state index in [1.807, 2.05) is 6.07 Å². The third kappa shape index (κ3) is 1.61. The summed E-state index contributed by atoms with van der Waals surface area (Å²) in [5, 5.41) is 0.410. The predicted octanol–water partition coefficient (Wildman–Crippen LogP) is 5.55. The molecule has 0 N–H and O–H groups in total. The van der Waals surface area contributed by atoms with Crippen LogP contribution in [-0.2, 0) is 0 Å². The lowest BCUT2D eigenvalue weighted by atomic mass is 10.2. The first kappa shape index (κ1) is 6.59. The zero-order valence-electron chi connectivity index (χ0n) is 17.2. The molecule has 0 saturated heterocycles. The molecule has 0 saturated carbocycles. The number of benzene rings is 3. The highest BCUT2D eigenvalue weighted by Crippen LogP contribution is 2.35. The lowest BCUT2D eigenvalue weighted by Gasteiger charge is -2.08. The number of aromatic nitrogens is 1. The van der Waals surface area contributed by atoms with Gasteiger partial charge in [-0.15, -0.1) is 0 Å². The Hall–Kier alpha value is -2.06. The molecular formula is C18H12BrN. The maximum atomic E-state index is 8.41. The molecule has 0 fully saturated rings. The fraction of sp³-hybridized carbons (Fsp3) is 0. The average molecular weight is 329 g/mol. The standard InChI is InChI=1S/C18H12BrN/c19-16-11-6-10-15-14-9-4-5-12-17(14)20(18(15)16)13-7-2-1-3-8-13/h1-12H/i4D,5D,6D,9D,10D,11D,12D. The van der Waals surface area contributed by atoms with Crippen LogP contribution >= 0.6 is 15.9 Å². The quantitative estimate of drug-likeness (QED) is 0.432. The van der Waals surface area contributed by atoms with Gasteiger partial charge >= 0.3 is 0 Å². The van der Waals surface area contributed by atoms with E-state index in [0.717, 1.165) is 0 Å². The van der Waals surface area contributed by atoms with Crippen molar-refractivity contribution in [3.63, 3.8) is 0 Å². The van der Waals surface area contributed by atoms with Crippen LogP contribution in [0.15, 0.2) is 77.1 Å². The first-order chi connectivity index (χ1) is 12.8. The van der Waals surface area contributed by atoms with E-state index < -0.39 is 6.04 Å². The van der Waals surface area contributed by atoms with Crippen LogP contribution in [0.5, 0.6) is 0 Å². The summed E-state index contributed by atoms with van der Waals surface area (Å²) >= 11 is 3.35. The second kappa shape index (κ2) is 4.50. The first-order valence-corrected chi connectivity index (χ1v) is 6.81. The van der Waals surface area contributed by atoms with Gasteiger partial charge in [-0.1, -0.05) is 48.4 Å². The molecule has 0 amide bonds. The van der Waals surface area contributed by atoms with E-state index in [9.17, 15) is 0 Å². The van der Waals surface area contributed by atoms with Crippen LogP contribution in [0.25, 0.3) is 27.5 Å². The Morgan fingerprint density at radius 2 is 1.60 bits per heavy atom. The zero-order valence-corrected chi connectivity index (χ0v) is 11.8. The monoisotopic (exact) mass is 328 g/mol. The Labute approximate surface area is 135 Å². The van der Waals surface area contributed by atoms with Crippen LogP contribution in [0.2, 0.25) is 0 Å². The van der Waals surface area contributed by atoms with Crippen LogP contribution in [0.4, 0.5) is 0 Å². The maximum Gasteiger partial charge on any atom is 0.0683 e. The SMILES string of the molecule is [2H]c1c([2H])c([2H])c2c(c1[2H])c1c([2H])c([2H])c([2H])c(Br)c1n2-c1ccccc1. The summed E-state index contributed by atoms with van der Waals surface area (Å²) in [6, 6.07) is 7.06. The van der Waals surface area contributed by atoms with E-state index >= 15 is 0 Å². The molecule has 1 heterocycles. The number of para-hydroxylation sites is 3. The number of hydrogen-bond acceptors (Lipinski definition) is 0. The van der Waals surface area contributed by atoms with Gasteiger partial charge in [0.25, 0.3) is 0 Å². The molecule has 0 spiro atoms. The highest BCUT2D eigenvalue weighted by molar-refractivity contribution is 9.10. The van der Waals surface area contributed by atoms with E-state index in [2.05, 4.69) is 15.9 Å². The predicted molar refractivity (Wildman–Crippen MR) is 88.5 cm³/mol. The minimum Gasteiger partial charge on any atom is -0.308 e. The third-order valence-electron chi connectivity index (χ3n) is 3.18. The Bertz CT molecular complexity index is 1170. The van der Waals surface area contributed by atoms with Gasteiger partial charge in [0, 0.05) is 20.9 Å². The number of hydrogen-bond donors (Lipinski definition) is 0. The van der Waals surface area contributed by atoms with Gasteiger partial charge < -0.3 is 4.57 Å². The minimum atomic E-state index is -0.392. The largest absolute Gasteiger partial charge is 0.308 e. The Balaban J connectivity index is 2.45. The average Bonchev–Trinajstić information content (AvgIpc) is 3.04. The van der Waals surface area contributed by atoms with E-state index in [1.54, 1.807) is 28.8 Å². The van der Waals surface area contributed by atoms with Crippen molar-refractivity contribution in [3.05, 3.63) is 77.1 Å². The lowest BCUT2D eigenvalue weighted by Crippen LogP contribution is -1.93. The van der Waals surface area contributed by atoms with E-state index in [4.69, 9.17) is 9.60 Å². The summed E-state index contributed by atoms with van der Waals surface area (Å²) in [4.78, 5) is 0. The van der Waals surface area contributed by atoms with Crippen LogP contribution in [-0.4, -0.2) is 4.57 Å². The highest BCUT2D eigenvalue weighted by atomic mass is 79.9. The van der Waals surface area contributed by atoms with E-state index in [0.29, 0.717) is 11.2 Å². The van der Waals surface area contributed by atoms with Crippen molar-refractivity contribution < 1.29 is 9.60 Å². The Morgan fingerprint density at radius 3 is 2.45 bits per heavy atom. The molecule has 2 heteroatoms. The molecule has 0 aliphatic rings. The van der Waals surface area contributed by atoms with Gasteiger partial charge in [-0.25, -0.2) is 0 Å². The third-order valence-corrected chi connectivity index (χ3v) is 3.76. The molecule has 4 rings (SSSR count). The van der Waals surface area contributed by atoms with Crippen molar-refractivity contribution in [3.8, 4) is 5.69 Å². The minimum absolute atomic E-state index is 0.164. The van der Waals surface area contributed by atoms with Crippen molar-refractivity contribution >= 4 is 37.7 Å². The van der Waals surface area contributed by atoms with Crippen LogP contribution in [0.1, 0.15) is 9.60 Å². The van der Waals surface area contributed by atoms with Crippen molar-refractivity contribution in [2.45, 2.75) is 0 Å². The first-order valence-electron chi connectivity index (χ1n) is 9.52. The van der Waals surface area contributed by atoms with Gasteiger partial charge in [-0.2, -0.15) is 0 Å². The van der Waals surface area contributed by atoms with Gasteiger partial charge in [0.1, 0.15) is 0 Å². The molecule has 1 aromatic heterocycles. The fourth-order valence-corrected chi connectivity index (χ4v) is 2.84. The van der Waals surface area contributed by atoms with Crippen LogP contribution < -0.4 is 0 Å². The number of rotatable bonds is 1. The van der Waals surface area contributed by atoms with Gasteiger partial charge in [0.05, 0.1) is 20.6 Å². The number of fused-ring (bicyclic) bond motifs is 3. The molecular weight excluding hydrogens is 310 g/mol. The second-order valence-electron chi connectivity index (χ2n) is 4.31. The maximum absolute atomic E-state index is 8.41. The van der Waals surface area contributed by atoms with Crippen molar-refractivity contribution in [2.75, 3.05) is 0 Å². The molecule has 1 nitrogen and oxygen atoms in total. The molecule has 3 aromatic carbocycles. The summed E-state index contributed by atoms with van der Waals surface area (Å²) in [5.74, 6) is 0. The van der Waals surface area contributed by atoms with Gasteiger partial charge in [-0.05, 0) is 40.1 Å². The Morgan fingerprint density at radius 1 is 0.850 bits per heavy atom. The van der Waals surface area contributed by atoms with Crippen molar-refractivity contribution in [1.29, 1.82) is 0 Å². The summed E-state index contributed by atoms with van der Waals surface area (Å²) in [6.07, 6.45) is 0. The molecule has 0 aliphatic carbocycles. The molecule has 4 aromatic rings. The molecule has 0 radical (unpaired) electrons. The molecule has 96 valence electrons. The van der Waals surface area contributed by atoms with Crippen molar-refractivity contribution in [1.82, 2.24) is 4.57 Å². The molecule has 0 aliphatic heterocycles. The van der Waals surface area contributed by atoms with Crippen molar-refractivity contribution in [2.24, 2.45) is 0 Å². The van der Waals surface area contributed by atoms with E-state index in [1.165, 1.54) is 0 Å². The van der Waals surface area contributed by atoms with Gasteiger partial charge in [0.2, 0.25) is 0 Å². The van der Waals surface area contributed by atoms with E-state index in [-0.39, 0.29) is 57.0 Å². The highest BCUT2D eigenvalue weighted by Gasteiger charge is 2.13. The molecule has 0 bridgehead atoms. The topological polar surface area (TPSA) is 4.93 Å². The van der Waals surface area contributed by atoms with Crippen LogP contribution in [0.3, 0.4) is 0 Å². The summed E-state index contributed by atoms with van der Waals surface area (Å²) in [5.41, 5.74) is 1.25. The summed E-state index contributed by atoms with van der Waals surface area (Å²) < 4.78 is 59.4. The Kier molecular flexibility index (Phi) is 1.48. The number of nitrogens with zero attached hydrogens (tertiary/aromatic N) is 1. The number of halogens is 1. The van der Waals surface area contributed by atoms with Crippen LogP contribution in [0, 0.1) is 0 Å². The smallest absolute Gasteiger partial charge is 0.0683 e. The fourth-order valence-electron chi connectivity index (χ4n) is 2.37.